The average Bonchev–Trinajstić information content (AvgIpc) is 2.57. The van der Waals surface area contributed by atoms with Gasteiger partial charge in [-0.05, 0) is 43.0 Å². The number of rotatable bonds is 5. The number of nitrogens with two attached hydrogens (primary N) is 1. The predicted octanol–water partition coefficient (Wildman–Crippen LogP) is 0.258. The van der Waals surface area contributed by atoms with E-state index in [1.165, 1.54) is 29.7 Å². The van der Waals surface area contributed by atoms with Crippen molar-refractivity contribution in [2.45, 2.75) is 24.9 Å². The van der Waals surface area contributed by atoms with Crippen LogP contribution in [0.25, 0.3) is 0 Å². The number of carbonyl (C=O) groups is 2. The van der Waals surface area contributed by atoms with Crippen molar-refractivity contribution < 1.29 is 23.6 Å². The van der Waals surface area contributed by atoms with Crippen LogP contribution in [0.4, 0.5) is 8.78 Å². The molecule has 0 radical (unpaired) electrons. The van der Waals surface area contributed by atoms with E-state index in [0.29, 0.717) is 5.56 Å². The first-order valence-corrected chi connectivity index (χ1v) is 6.62. The van der Waals surface area contributed by atoms with Crippen molar-refractivity contribution in [1.29, 1.82) is 0 Å². The summed E-state index contributed by atoms with van der Waals surface area (Å²) >= 11 is 0. The maximum absolute atomic E-state index is 13.0. The molecule has 2 unspecified atom stereocenters. The van der Waals surface area contributed by atoms with Gasteiger partial charge >= 0.3 is 0 Å². The van der Waals surface area contributed by atoms with E-state index in [2.05, 4.69) is 23.1 Å². The third-order valence-electron chi connectivity index (χ3n) is 3.17. The van der Waals surface area contributed by atoms with E-state index >= 15 is 0 Å². The third kappa shape index (κ3) is 4.53. The minimum absolute atomic E-state index is 0.0852. The molecule has 6 nitrogen and oxygen atoms in total. The smallest absolute Gasteiger partial charge is 0.268 e. The van der Waals surface area contributed by atoms with Gasteiger partial charge in [0.25, 0.3) is 18.2 Å². The Morgan fingerprint density at radius 1 is 1.33 bits per heavy atom. The lowest BCUT2D eigenvalue weighted by Gasteiger charge is -2.32. The lowest BCUT2D eigenvalue weighted by Crippen LogP contribution is -2.66. The van der Waals surface area contributed by atoms with Gasteiger partial charge in [0.2, 0.25) is 0 Å². The molecule has 5 N–H and O–H groups in total. The van der Waals surface area contributed by atoms with Crippen molar-refractivity contribution in [2.75, 3.05) is 0 Å². The predicted molar refractivity (Wildman–Crippen MR) is 81.9 cm³/mol. The third-order valence-corrected chi connectivity index (χ3v) is 3.17. The van der Waals surface area contributed by atoms with Gasteiger partial charge < -0.3 is 11.1 Å². The SMILES string of the molecule is C#CC#Cc1ccc(C(=O)NC(C(=O)NO)C(C)(N)C(F)F)cc1. The van der Waals surface area contributed by atoms with Crippen molar-refractivity contribution in [3.05, 3.63) is 35.4 Å². The number of carbonyl (C=O) groups excluding carboxylic acids is 2. The van der Waals surface area contributed by atoms with Crippen LogP contribution in [0, 0.1) is 24.2 Å². The summed E-state index contributed by atoms with van der Waals surface area (Å²) in [5.74, 6) is 5.08. The summed E-state index contributed by atoms with van der Waals surface area (Å²) in [5, 5.41) is 10.8. The fourth-order valence-corrected chi connectivity index (χ4v) is 1.72. The maximum Gasteiger partial charge on any atom is 0.268 e. The summed E-state index contributed by atoms with van der Waals surface area (Å²) in [7, 11) is 0. The van der Waals surface area contributed by atoms with Crippen molar-refractivity contribution in [3.8, 4) is 24.2 Å². The van der Waals surface area contributed by atoms with E-state index in [1.807, 2.05) is 0 Å². The van der Waals surface area contributed by atoms with Gasteiger partial charge in [0.1, 0.15) is 11.6 Å². The molecule has 0 heterocycles. The molecule has 0 aliphatic carbocycles. The molecule has 126 valence electrons. The zero-order valence-electron chi connectivity index (χ0n) is 12.6. The van der Waals surface area contributed by atoms with E-state index in [9.17, 15) is 18.4 Å². The van der Waals surface area contributed by atoms with E-state index in [0.717, 1.165) is 6.92 Å². The van der Waals surface area contributed by atoms with Gasteiger partial charge in [-0.15, -0.1) is 6.42 Å². The van der Waals surface area contributed by atoms with E-state index in [-0.39, 0.29) is 5.56 Å². The number of terminal acetylenes is 1. The van der Waals surface area contributed by atoms with Crippen molar-refractivity contribution in [3.63, 3.8) is 0 Å². The molecule has 0 fully saturated rings. The second-order valence-electron chi connectivity index (χ2n) is 5.02. The minimum atomic E-state index is -3.12. The molecular formula is C16H15F2N3O3. The molecule has 0 spiro atoms. The second-order valence-corrected chi connectivity index (χ2v) is 5.02. The van der Waals surface area contributed by atoms with Gasteiger partial charge in [0, 0.05) is 11.1 Å². The first-order chi connectivity index (χ1) is 11.2. The number of hydrogen-bond donors (Lipinski definition) is 4. The van der Waals surface area contributed by atoms with Gasteiger partial charge in [-0.25, -0.2) is 14.3 Å². The molecule has 24 heavy (non-hydrogen) atoms. The normalized spacial score (nSPS) is 13.7. The highest BCUT2D eigenvalue weighted by Gasteiger charge is 2.44. The molecule has 0 bridgehead atoms. The van der Waals surface area contributed by atoms with Crippen LogP contribution in [0.3, 0.4) is 0 Å². The summed E-state index contributed by atoms with van der Waals surface area (Å²) in [6.45, 7) is 0.885. The van der Waals surface area contributed by atoms with Gasteiger partial charge in [-0.3, -0.25) is 14.8 Å². The zero-order chi connectivity index (χ0) is 18.3. The molecule has 0 aromatic heterocycles. The van der Waals surface area contributed by atoms with Crippen molar-refractivity contribution >= 4 is 11.8 Å². The van der Waals surface area contributed by atoms with Crippen LogP contribution in [0.5, 0.6) is 0 Å². The lowest BCUT2D eigenvalue weighted by atomic mass is 9.92. The molecular weight excluding hydrogens is 320 g/mol. The second kappa shape index (κ2) is 8.06. The number of hydroxylamine groups is 1. The summed E-state index contributed by atoms with van der Waals surface area (Å²) in [6, 6.07) is 3.89. The Morgan fingerprint density at radius 3 is 2.38 bits per heavy atom. The lowest BCUT2D eigenvalue weighted by molar-refractivity contribution is -0.134. The van der Waals surface area contributed by atoms with Crippen molar-refractivity contribution in [1.82, 2.24) is 10.8 Å². The van der Waals surface area contributed by atoms with Crippen LogP contribution in [0.1, 0.15) is 22.8 Å². The van der Waals surface area contributed by atoms with Gasteiger partial charge in [0.15, 0.2) is 0 Å². The average molecular weight is 335 g/mol. The van der Waals surface area contributed by atoms with Gasteiger partial charge in [-0.1, -0.05) is 5.92 Å². The van der Waals surface area contributed by atoms with Gasteiger partial charge in [-0.2, -0.15) is 0 Å². The van der Waals surface area contributed by atoms with Crippen LogP contribution in [-0.4, -0.2) is 35.0 Å². The van der Waals surface area contributed by atoms with Crippen LogP contribution in [-0.2, 0) is 4.79 Å². The van der Waals surface area contributed by atoms with Crippen molar-refractivity contribution in [2.24, 2.45) is 5.73 Å². The minimum Gasteiger partial charge on any atom is -0.338 e. The fraction of sp³-hybridized carbons (Fsp3) is 0.250. The Kier molecular flexibility index (Phi) is 6.42. The molecule has 0 aliphatic rings. The number of alkyl halides is 2. The quantitative estimate of drug-likeness (QED) is 0.352. The summed E-state index contributed by atoms with van der Waals surface area (Å²) in [6.07, 6.45) is 1.87. The molecule has 2 atom stereocenters. The first-order valence-electron chi connectivity index (χ1n) is 6.62. The largest absolute Gasteiger partial charge is 0.338 e. The molecule has 2 amide bonds. The van der Waals surface area contributed by atoms with E-state index < -0.39 is 29.8 Å². The van der Waals surface area contributed by atoms with Crippen LogP contribution in [0.15, 0.2) is 24.3 Å². The number of halogens is 2. The van der Waals surface area contributed by atoms with Crippen LogP contribution >= 0.6 is 0 Å². The number of benzene rings is 1. The molecule has 1 aromatic rings. The molecule has 0 saturated carbocycles. The molecule has 0 aliphatic heterocycles. The van der Waals surface area contributed by atoms with Crippen LogP contribution < -0.4 is 16.5 Å². The molecule has 1 aromatic carbocycles. The highest BCUT2D eigenvalue weighted by Crippen LogP contribution is 2.17. The first kappa shape index (κ1) is 19.1. The zero-order valence-corrected chi connectivity index (χ0v) is 12.6. The van der Waals surface area contributed by atoms with E-state index in [4.69, 9.17) is 17.4 Å². The monoisotopic (exact) mass is 335 g/mol. The summed E-state index contributed by atoms with van der Waals surface area (Å²) < 4.78 is 26.0. The topological polar surface area (TPSA) is 104 Å². The summed E-state index contributed by atoms with van der Waals surface area (Å²) in [4.78, 5) is 23.7. The number of nitrogens with one attached hydrogen (secondary N) is 2. The molecule has 1 rings (SSSR count). The Balaban J connectivity index is 3.01. The standard InChI is InChI=1S/C16H15F2N3O3/c1-3-4-5-10-6-8-11(9-7-10)13(22)20-12(14(23)21-24)16(2,19)15(17)18/h1,6-9,12,15,24H,19H2,2H3,(H,20,22)(H,21,23). The maximum atomic E-state index is 13.0. The van der Waals surface area contributed by atoms with Crippen LogP contribution in [0.2, 0.25) is 0 Å². The Labute approximate surface area is 137 Å². The molecule has 0 saturated heterocycles. The number of hydrogen-bond acceptors (Lipinski definition) is 4. The highest BCUT2D eigenvalue weighted by molar-refractivity contribution is 5.98. The summed E-state index contributed by atoms with van der Waals surface area (Å²) in [5.41, 5.74) is 4.87. The Morgan fingerprint density at radius 2 is 1.92 bits per heavy atom. The van der Waals surface area contributed by atoms with Gasteiger partial charge in [0.05, 0.1) is 0 Å². The Bertz CT molecular complexity index is 713. The fourth-order valence-electron chi connectivity index (χ4n) is 1.72. The Hall–Kier alpha value is -2.94. The van der Waals surface area contributed by atoms with E-state index in [1.54, 1.807) is 0 Å². The molecule has 8 heteroatoms. The number of amides is 2. The highest BCUT2D eigenvalue weighted by atomic mass is 19.3.